The largest absolute Gasteiger partial charge is 0.493 e. The van der Waals surface area contributed by atoms with E-state index in [1.165, 1.54) is 31.2 Å². The van der Waals surface area contributed by atoms with Crippen molar-refractivity contribution in [2.75, 3.05) is 13.2 Å². The summed E-state index contributed by atoms with van der Waals surface area (Å²) in [6.45, 7) is 1.57. The van der Waals surface area contributed by atoms with Crippen molar-refractivity contribution in [3.8, 4) is 5.75 Å². The Balaban J connectivity index is 1.59. The molecule has 0 aromatic heterocycles. The van der Waals surface area contributed by atoms with Gasteiger partial charge in [0.2, 0.25) is 0 Å². The number of hydrogen-bond donors (Lipinski definition) is 1. The summed E-state index contributed by atoms with van der Waals surface area (Å²) in [6.07, 6.45) is 6.62. The van der Waals surface area contributed by atoms with Gasteiger partial charge in [-0.05, 0) is 73.7 Å². The lowest BCUT2D eigenvalue weighted by Crippen LogP contribution is -2.18. The molecular weight excluding hydrogens is 302 g/mol. The van der Waals surface area contributed by atoms with Gasteiger partial charge in [-0.1, -0.05) is 22.4 Å². The molecule has 0 spiro atoms. The fourth-order valence-corrected chi connectivity index (χ4v) is 4.22. The van der Waals surface area contributed by atoms with E-state index in [-0.39, 0.29) is 0 Å². The molecule has 1 aromatic carbocycles. The Kier molecular flexibility index (Phi) is 4.13. The van der Waals surface area contributed by atoms with E-state index in [0.717, 1.165) is 41.0 Å². The molecule has 0 aliphatic heterocycles. The molecule has 3 heteroatoms. The highest BCUT2D eigenvalue weighted by Gasteiger charge is 2.39. The number of hydrogen-bond acceptors (Lipinski definition) is 2. The van der Waals surface area contributed by atoms with Crippen LogP contribution in [0.1, 0.15) is 31.2 Å². The normalized spacial score (nSPS) is 28.8. The van der Waals surface area contributed by atoms with Gasteiger partial charge in [-0.3, -0.25) is 0 Å². The number of ether oxygens (including phenoxy) is 1. The SMILES string of the molecule is NCCc1cc(OCC2CC3CCC2C3)ccc1Br. The Morgan fingerprint density at radius 2 is 2.16 bits per heavy atom. The Bertz CT molecular complexity index is 448. The van der Waals surface area contributed by atoms with Gasteiger partial charge >= 0.3 is 0 Å². The van der Waals surface area contributed by atoms with Crippen LogP contribution in [-0.2, 0) is 6.42 Å². The smallest absolute Gasteiger partial charge is 0.119 e. The molecule has 2 aliphatic rings. The molecule has 2 fully saturated rings. The molecule has 3 rings (SSSR count). The van der Waals surface area contributed by atoms with Crippen LogP contribution < -0.4 is 10.5 Å². The molecule has 0 amide bonds. The lowest BCUT2D eigenvalue weighted by Gasteiger charge is -2.22. The Morgan fingerprint density at radius 1 is 1.26 bits per heavy atom. The predicted octanol–water partition coefficient (Wildman–Crippen LogP) is 3.77. The third kappa shape index (κ3) is 2.97. The summed E-state index contributed by atoms with van der Waals surface area (Å²) in [4.78, 5) is 0. The van der Waals surface area contributed by atoms with Gasteiger partial charge in [0, 0.05) is 4.47 Å². The molecule has 1 aromatic rings. The number of nitrogens with two attached hydrogens (primary N) is 1. The molecule has 3 atom stereocenters. The standard InChI is InChI=1S/C16H22BrNO/c17-16-4-3-15(9-13(16)5-6-18)19-10-14-8-11-1-2-12(14)7-11/h3-4,9,11-12,14H,1-2,5-8,10,18H2. The minimum Gasteiger partial charge on any atom is -0.493 e. The first kappa shape index (κ1) is 13.4. The molecular formula is C16H22BrNO. The van der Waals surface area contributed by atoms with E-state index in [1.54, 1.807) is 0 Å². The quantitative estimate of drug-likeness (QED) is 0.895. The van der Waals surface area contributed by atoms with Gasteiger partial charge in [0.1, 0.15) is 5.75 Å². The van der Waals surface area contributed by atoms with Crippen LogP contribution in [0, 0.1) is 17.8 Å². The first-order valence-corrected chi connectivity index (χ1v) is 8.17. The lowest BCUT2D eigenvalue weighted by atomic mass is 9.89. The highest BCUT2D eigenvalue weighted by atomic mass is 79.9. The van der Waals surface area contributed by atoms with Crippen molar-refractivity contribution in [3.63, 3.8) is 0 Å². The summed E-state index contributed by atoms with van der Waals surface area (Å²) in [6, 6.07) is 6.25. The number of fused-ring (bicyclic) bond motifs is 2. The van der Waals surface area contributed by atoms with E-state index in [4.69, 9.17) is 10.5 Å². The maximum absolute atomic E-state index is 6.02. The number of benzene rings is 1. The van der Waals surface area contributed by atoms with Crippen LogP contribution in [0.3, 0.4) is 0 Å². The van der Waals surface area contributed by atoms with Crippen LogP contribution in [0.25, 0.3) is 0 Å². The molecule has 2 bridgehead atoms. The highest BCUT2D eigenvalue weighted by Crippen LogP contribution is 2.48. The third-order valence-electron chi connectivity index (χ3n) is 4.78. The van der Waals surface area contributed by atoms with Crippen molar-refractivity contribution in [2.24, 2.45) is 23.5 Å². The summed E-state index contributed by atoms with van der Waals surface area (Å²) >= 11 is 3.56. The van der Waals surface area contributed by atoms with Crippen molar-refractivity contribution in [2.45, 2.75) is 32.1 Å². The second-order valence-corrected chi connectivity index (χ2v) is 6.89. The Morgan fingerprint density at radius 3 is 2.84 bits per heavy atom. The maximum Gasteiger partial charge on any atom is 0.119 e. The first-order valence-electron chi connectivity index (χ1n) is 7.37. The third-order valence-corrected chi connectivity index (χ3v) is 5.55. The van der Waals surface area contributed by atoms with Crippen LogP contribution in [0.5, 0.6) is 5.75 Å². The maximum atomic E-state index is 6.02. The summed E-state index contributed by atoms with van der Waals surface area (Å²) in [5, 5.41) is 0. The molecule has 2 aliphatic carbocycles. The van der Waals surface area contributed by atoms with Gasteiger partial charge in [0.15, 0.2) is 0 Å². The van der Waals surface area contributed by atoms with Gasteiger partial charge in [-0.25, -0.2) is 0 Å². The highest BCUT2D eigenvalue weighted by molar-refractivity contribution is 9.10. The van der Waals surface area contributed by atoms with Crippen molar-refractivity contribution in [1.29, 1.82) is 0 Å². The van der Waals surface area contributed by atoms with E-state index in [2.05, 4.69) is 34.1 Å². The number of rotatable bonds is 5. The van der Waals surface area contributed by atoms with Gasteiger partial charge in [-0.15, -0.1) is 0 Å². The molecule has 2 N–H and O–H groups in total. The van der Waals surface area contributed by atoms with Crippen LogP contribution in [0.15, 0.2) is 22.7 Å². The van der Waals surface area contributed by atoms with Crippen LogP contribution in [0.2, 0.25) is 0 Å². The molecule has 0 saturated heterocycles. The molecule has 0 heterocycles. The minimum atomic E-state index is 0.675. The Hall–Kier alpha value is -0.540. The predicted molar refractivity (Wildman–Crippen MR) is 81.3 cm³/mol. The van der Waals surface area contributed by atoms with E-state index in [0.29, 0.717) is 6.54 Å². The van der Waals surface area contributed by atoms with E-state index in [1.807, 2.05) is 0 Å². The van der Waals surface area contributed by atoms with Gasteiger partial charge in [0.05, 0.1) is 6.61 Å². The average Bonchev–Trinajstić information content (AvgIpc) is 3.02. The number of halogens is 1. The van der Waals surface area contributed by atoms with E-state index < -0.39 is 0 Å². The van der Waals surface area contributed by atoms with Gasteiger partial charge in [-0.2, -0.15) is 0 Å². The molecule has 0 radical (unpaired) electrons. The fourth-order valence-electron chi connectivity index (χ4n) is 3.77. The van der Waals surface area contributed by atoms with E-state index >= 15 is 0 Å². The van der Waals surface area contributed by atoms with Crippen LogP contribution in [-0.4, -0.2) is 13.2 Å². The topological polar surface area (TPSA) is 35.2 Å². The lowest BCUT2D eigenvalue weighted by molar-refractivity contribution is 0.195. The second kappa shape index (κ2) is 5.84. The summed E-state index contributed by atoms with van der Waals surface area (Å²) in [5.41, 5.74) is 6.88. The molecule has 3 unspecified atom stereocenters. The zero-order valence-electron chi connectivity index (χ0n) is 11.3. The van der Waals surface area contributed by atoms with Crippen LogP contribution in [0.4, 0.5) is 0 Å². The zero-order chi connectivity index (χ0) is 13.2. The molecule has 19 heavy (non-hydrogen) atoms. The minimum absolute atomic E-state index is 0.675. The summed E-state index contributed by atoms with van der Waals surface area (Å²) in [7, 11) is 0. The summed E-state index contributed by atoms with van der Waals surface area (Å²) in [5.74, 6) is 3.72. The monoisotopic (exact) mass is 323 g/mol. The molecule has 2 nitrogen and oxygen atoms in total. The summed E-state index contributed by atoms with van der Waals surface area (Å²) < 4.78 is 7.15. The van der Waals surface area contributed by atoms with Crippen molar-refractivity contribution < 1.29 is 4.74 Å². The first-order chi connectivity index (χ1) is 9.26. The zero-order valence-corrected chi connectivity index (χ0v) is 12.9. The van der Waals surface area contributed by atoms with Crippen molar-refractivity contribution in [3.05, 3.63) is 28.2 Å². The average molecular weight is 324 g/mol. The van der Waals surface area contributed by atoms with E-state index in [9.17, 15) is 0 Å². The van der Waals surface area contributed by atoms with Gasteiger partial charge < -0.3 is 10.5 Å². The second-order valence-electron chi connectivity index (χ2n) is 6.04. The van der Waals surface area contributed by atoms with Crippen molar-refractivity contribution >= 4 is 15.9 Å². The van der Waals surface area contributed by atoms with Crippen LogP contribution >= 0.6 is 15.9 Å². The molecule has 104 valence electrons. The van der Waals surface area contributed by atoms with Gasteiger partial charge in [0.25, 0.3) is 0 Å². The molecule has 2 saturated carbocycles. The Labute approximate surface area is 123 Å². The van der Waals surface area contributed by atoms with Crippen molar-refractivity contribution in [1.82, 2.24) is 0 Å². The fraction of sp³-hybridized carbons (Fsp3) is 0.625.